The zero-order valence-corrected chi connectivity index (χ0v) is 15.2. The van der Waals surface area contributed by atoms with E-state index in [-0.39, 0.29) is 5.91 Å². The highest BCUT2D eigenvalue weighted by atomic mass is 16.1. The Hall–Kier alpha value is -2.88. The van der Waals surface area contributed by atoms with Crippen molar-refractivity contribution >= 4 is 11.6 Å². The van der Waals surface area contributed by atoms with Crippen molar-refractivity contribution < 1.29 is 4.79 Å². The first-order valence-corrected chi connectivity index (χ1v) is 9.16. The van der Waals surface area contributed by atoms with Crippen LogP contribution in [0.3, 0.4) is 0 Å². The van der Waals surface area contributed by atoms with E-state index in [1.807, 2.05) is 56.3 Å². The summed E-state index contributed by atoms with van der Waals surface area (Å²) in [7, 11) is 0. The Balaban J connectivity index is 1.66. The van der Waals surface area contributed by atoms with Crippen LogP contribution in [-0.4, -0.2) is 15.5 Å². The summed E-state index contributed by atoms with van der Waals surface area (Å²) in [5, 5.41) is 3.08. The van der Waals surface area contributed by atoms with Crippen LogP contribution in [0.2, 0.25) is 0 Å². The molecule has 1 aliphatic rings. The van der Waals surface area contributed by atoms with E-state index in [0.717, 1.165) is 46.9 Å². The SMILES string of the molecule is Cc1ccc(C(=O)Nc2ccccc2-c2cn3c(n2)CCCC3)c(C)c1. The van der Waals surface area contributed by atoms with Gasteiger partial charge in [-0.25, -0.2) is 4.98 Å². The molecule has 2 aromatic carbocycles. The van der Waals surface area contributed by atoms with Gasteiger partial charge in [0.25, 0.3) is 5.91 Å². The lowest BCUT2D eigenvalue weighted by molar-refractivity contribution is 0.102. The Morgan fingerprint density at radius 1 is 1.12 bits per heavy atom. The van der Waals surface area contributed by atoms with Gasteiger partial charge in [-0.15, -0.1) is 0 Å². The number of aromatic nitrogens is 2. The number of nitrogens with zero attached hydrogens (tertiary/aromatic N) is 2. The normalized spacial score (nSPS) is 13.3. The molecule has 0 fully saturated rings. The van der Waals surface area contributed by atoms with Gasteiger partial charge in [0.1, 0.15) is 5.82 Å². The summed E-state index contributed by atoms with van der Waals surface area (Å²) in [6.45, 7) is 5.03. The molecule has 4 heteroatoms. The van der Waals surface area contributed by atoms with Gasteiger partial charge in [-0.05, 0) is 44.4 Å². The molecule has 0 saturated heterocycles. The number of amides is 1. The van der Waals surface area contributed by atoms with Gasteiger partial charge in [0.15, 0.2) is 0 Å². The quantitative estimate of drug-likeness (QED) is 0.744. The predicted octanol–water partition coefficient (Wildman–Crippen LogP) is 4.76. The number of carbonyl (C=O) groups excluding carboxylic acids is 1. The molecule has 1 N–H and O–H groups in total. The summed E-state index contributed by atoms with van der Waals surface area (Å²) in [5.41, 5.74) is 5.54. The van der Waals surface area contributed by atoms with Crippen LogP contribution in [0.5, 0.6) is 0 Å². The maximum atomic E-state index is 12.8. The van der Waals surface area contributed by atoms with Gasteiger partial charge in [-0.3, -0.25) is 4.79 Å². The third kappa shape index (κ3) is 3.15. The van der Waals surface area contributed by atoms with Crippen LogP contribution in [0, 0.1) is 13.8 Å². The Morgan fingerprint density at radius 2 is 1.96 bits per heavy atom. The van der Waals surface area contributed by atoms with Crippen LogP contribution < -0.4 is 5.32 Å². The first kappa shape index (κ1) is 16.6. The number of anilines is 1. The number of rotatable bonds is 3. The number of hydrogen-bond donors (Lipinski definition) is 1. The van der Waals surface area contributed by atoms with Gasteiger partial charge in [-0.1, -0.05) is 35.9 Å². The van der Waals surface area contributed by atoms with Gasteiger partial charge >= 0.3 is 0 Å². The molecule has 3 aromatic rings. The molecule has 26 heavy (non-hydrogen) atoms. The Labute approximate surface area is 153 Å². The summed E-state index contributed by atoms with van der Waals surface area (Å²) in [6, 6.07) is 13.8. The van der Waals surface area contributed by atoms with Crippen LogP contribution in [0.15, 0.2) is 48.7 Å². The molecule has 2 heterocycles. The molecule has 1 aromatic heterocycles. The van der Waals surface area contributed by atoms with E-state index in [1.165, 1.54) is 12.8 Å². The highest BCUT2D eigenvalue weighted by molar-refractivity contribution is 6.07. The maximum absolute atomic E-state index is 12.8. The van der Waals surface area contributed by atoms with Gasteiger partial charge in [-0.2, -0.15) is 0 Å². The number of aryl methyl sites for hydroxylation is 4. The number of hydrogen-bond acceptors (Lipinski definition) is 2. The number of imidazole rings is 1. The molecule has 0 bridgehead atoms. The van der Waals surface area contributed by atoms with E-state index in [2.05, 4.69) is 16.1 Å². The fourth-order valence-electron chi connectivity index (χ4n) is 3.62. The van der Waals surface area contributed by atoms with Crippen molar-refractivity contribution in [1.82, 2.24) is 9.55 Å². The third-order valence-corrected chi connectivity index (χ3v) is 4.99. The maximum Gasteiger partial charge on any atom is 0.255 e. The average molecular weight is 345 g/mol. The Kier molecular flexibility index (Phi) is 4.33. The molecule has 0 atom stereocenters. The van der Waals surface area contributed by atoms with Crippen LogP contribution >= 0.6 is 0 Å². The fourth-order valence-corrected chi connectivity index (χ4v) is 3.62. The largest absolute Gasteiger partial charge is 0.334 e. The molecular formula is C22H23N3O. The molecule has 1 amide bonds. The molecule has 0 aliphatic carbocycles. The predicted molar refractivity (Wildman–Crippen MR) is 104 cm³/mol. The van der Waals surface area contributed by atoms with E-state index >= 15 is 0 Å². The van der Waals surface area contributed by atoms with Crippen molar-refractivity contribution in [3.8, 4) is 11.3 Å². The van der Waals surface area contributed by atoms with Crippen LogP contribution in [0.4, 0.5) is 5.69 Å². The van der Waals surface area contributed by atoms with Crippen molar-refractivity contribution in [3.63, 3.8) is 0 Å². The highest BCUT2D eigenvalue weighted by Gasteiger charge is 2.17. The van der Waals surface area contributed by atoms with Crippen LogP contribution in [0.1, 0.15) is 40.2 Å². The zero-order chi connectivity index (χ0) is 18.1. The van der Waals surface area contributed by atoms with Crippen molar-refractivity contribution in [3.05, 3.63) is 71.2 Å². The summed E-state index contributed by atoms with van der Waals surface area (Å²) in [4.78, 5) is 17.6. The van der Waals surface area contributed by atoms with Crippen molar-refractivity contribution in [1.29, 1.82) is 0 Å². The lowest BCUT2D eigenvalue weighted by Gasteiger charge is -2.12. The molecular weight excluding hydrogens is 322 g/mol. The number of para-hydroxylation sites is 1. The average Bonchev–Trinajstić information content (AvgIpc) is 3.06. The number of fused-ring (bicyclic) bond motifs is 1. The first-order valence-electron chi connectivity index (χ1n) is 9.16. The standard InChI is InChI=1S/C22H23N3O/c1-15-10-11-17(16(2)13-15)22(26)24-19-8-4-3-7-18(19)20-14-25-12-6-5-9-21(25)23-20/h3-4,7-8,10-11,13-14H,5-6,9,12H2,1-2H3,(H,24,26). The smallest absolute Gasteiger partial charge is 0.255 e. The monoisotopic (exact) mass is 345 g/mol. The first-order chi connectivity index (χ1) is 12.6. The van der Waals surface area contributed by atoms with Crippen molar-refractivity contribution in [2.45, 2.75) is 39.7 Å². The van der Waals surface area contributed by atoms with Crippen LogP contribution in [-0.2, 0) is 13.0 Å². The second-order valence-corrected chi connectivity index (χ2v) is 7.01. The van der Waals surface area contributed by atoms with E-state index in [4.69, 9.17) is 4.98 Å². The fraction of sp³-hybridized carbons (Fsp3) is 0.273. The summed E-state index contributed by atoms with van der Waals surface area (Å²) >= 11 is 0. The number of benzene rings is 2. The van der Waals surface area contributed by atoms with Crippen molar-refractivity contribution in [2.24, 2.45) is 0 Å². The lowest BCUT2D eigenvalue weighted by atomic mass is 10.0. The second-order valence-electron chi connectivity index (χ2n) is 7.01. The van der Waals surface area contributed by atoms with E-state index < -0.39 is 0 Å². The summed E-state index contributed by atoms with van der Waals surface area (Å²) in [6.07, 6.45) is 5.53. The number of carbonyl (C=O) groups is 1. The van der Waals surface area contributed by atoms with Gasteiger partial charge in [0.2, 0.25) is 0 Å². The Bertz CT molecular complexity index is 948. The molecule has 1 aliphatic heterocycles. The van der Waals surface area contributed by atoms with E-state index in [0.29, 0.717) is 5.56 Å². The van der Waals surface area contributed by atoms with Gasteiger partial charge < -0.3 is 9.88 Å². The molecule has 132 valence electrons. The summed E-state index contributed by atoms with van der Waals surface area (Å²) in [5.74, 6) is 1.06. The van der Waals surface area contributed by atoms with Gasteiger partial charge in [0.05, 0.1) is 11.4 Å². The van der Waals surface area contributed by atoms with Gasteiger partial charge in [0, 0.05) is 30.3 Å². The number of nitrogens with one attached hydrogen (secondary N) is 1. The van der Waals surface area contributed by atoms with E-state index in [9.17, 15) is 4.79 Å². The topological polar surface area (TPSA) is 46.9 Å². The molecule has 0 radical (unpaired) electrons. The zero-order valence-electron chi connectivity index (χ0n) is 15.2. The third-order valence-electron chi connectivity index (χ3n) is 4.99. The minimum absolute atomic E-state index is 0.0843. The second kappa shape index (κ2) is 6.79. The van der Waals surface area contributed by atoms with E-state index in [1.54, 1.807) is 0 Å². The lowest BCUT2D eigenvalue weighted by Crippen LogP contribution is -2.14. The van der Waals surface area contributed by atoms with Crippen molar-refractivity contribution in [2.75, 3.05) is 5.32 Å². The molecule has 0 unspecified atom stereocenters. The minimum Gasteiger partial charge on any atom is -0.334 e. The molecule has 4 rings (SSSR count). The highest BCUT2D eigenvalue weighted by Crippen LogP contribution is 2.29. The molecule has 4 nitrogen and oxygen atoms in total. The molecule has 0 spiro atoms. The Morgan fingerprint density at radius 3 is 2.77 bits per heavy atom. The summed E-state index contributed by atoms with van der Waals surface area (Å²) < 4.78 is 2.24. The van der Waals surface area contributed by atoms with Crippen LogP contribution in [0.25, 0.3) is 11.3 Å². The molecule has 0 saturated carbocycles. The minimum atomic E-state index is -0.0843.